The largest absolute Gasteiger partial charge is 0.494 e. The third kappa shape index (κ3) is 5.56. The Labute approximate surface area is 194 Å². The van der Waals surface area contributed by atoms with Crippen LogP contribution in [-0.2, 0) is 13.1 Å². The molecular formula is C27H31N3O3. The smallest absolute Gasteiger partial charge is 0.331 e. The Hall–Kier alpha value is -3.72. The lowest BCUT2D eigenvalue weighted by atomic mass is 10.0. The van der Waals surface area contributed by atoms with Gasteiger partial charge in [-0.05, 0) is 69.0 Å². The number of hydrogen-bond acceptors (Lipinski definition) is 4. The van der Waals surface area contributed by atoms with E-state index in [2.05, 4.69) is 24.7 Å². The Morgan fingerprint density at radius 2 is 1.91 bits per heavy atom. The van der Waals surface area contributed by atoms with Gasteiger partial charge in [-0.25, -0.2) is 4.79 Å². The van der Waals surface area contributed by atoms with Gasteiger partial charge in [-0.2, -0.15) is 0 Å². The van der Waals surface area contributed by atoms with Gasteiger partial charge in [-0.1, -0.05) is 25.5 Å². The third-order valence-electron chi connectivity index (χ3n) is 5.65. The third-order valence-corrected chi connectivity index (χ3v) is 5.65. The van der Waals surface area contributed by atoms with E-state index in [4.69, 9.17) is 11.2 Å². The van der Waals surface area contributed by atoms with Gasteiger partial charge in [-0.15, -0.1) is 6.42 Å². The molecule has 1 unspecified atom stereocenters. The van der Waals surface area contributed by atoms with Crippen LogP contribution in [0.4, 0.5) is 5.69 Å². The molecule has 1 N–H and O–H groups in total. The lowest BCUT2D eigenvalue weighted by molar-refractivity contribution is 0.283. The van der Waals surface area contributed by atoms with E-state index in [1.54, 1.807) is 17.6 Å². The lowest BCUT2D eigenvalue weighted by Crippen LogP contribution is -2.39. The fourth-order valence-electron chi connectivity index (χ4n) is 3.92. The Bertz CT molecular complexity index is 1310. The molecule has 3 rings (SSSR count). The first kappa shape index (κ1) is 23.9. The second-order valence-corrected chi connectivity index (χ2v) is 8.16. The number of fused-ring (bicyclic) bond motifs is 1. The summed E-state index contributed by atoms with van der Waals surface area (Å²) >= 11 is 0. The van der Waals surface area contributed by atoms with E-state index in [-0.39, 0.29) is 11.2 Å². The second-order valence-electron chi connectivity index (χ2n) is 8.16. The van der Waals surface area contributed by atoms with Crippen LogP contribution in [0.5, 0.6) is 5.75 Å². The molecule has 1 aromatic heterocycles. The number of aryl methyl sites for hydroxylation is 1. The highest BCUT2D eigenvalue weighted by atomic mass is 16.5. The standard InChI is InChI=1S/C27H31N3O3/c1-6-21-10-9-11-23(17-21)33-15-14-19(4)16-20(5)28-22-12-13-25-24(18-22)26(31)30(8-3)27(32)29(25)7-2/h1,9-13,17-19,28H,5,7-8,14-16H2,2-4H3. The monoisotopic (exact) mass is 445 g/mol. The maximum absolute atomic E-state index is 12.8. The predicted octanol–water partition coefficient (Wildman–Crippen LogP) is 4.61. The zero-order valence-corrected chi connectivity index (χ0v) is 19.6. The molecule has 0 radical (unpaired) electrons. The molecule has 0 spiro atoms. The van der Waals surface area contributed by atoms with Gasteiger partial charge in [0, 0.05) is 30.0 Å². The van der Waals surface area contributed by atoms with Gasteiger partial charge >= 0.3 is 5.69 Å². The van der Waals surface area contributed by atoms with Crippen LogP contribution in [0.25, 0.3) is 10.9 Å². The van der Waals surface area contributed by atoms with Crippen molar-refractivity contribution in [1.29, 1.82) is 0 Å². The Kier molecular flexibility index (Phi) is 7.78. The second kappa shape index (κ2) is 10.7. The highest BCUT2D eigenvalue weighted by Gasteiger charge is 2.12. The first-order valence-electron chi connectivity index (χ1n) is 11.3. The molecule has 3 aromatic rings. The minimum Gasteiger partial charge on any atom is -0.494 e. The summed E-state index contributed by atoms with van der Waals surface area (Å²) < 4.78 is 8.72. The molecule has 33 heavy (non-hydrogen) atoms. The SMILES string of the molecule is C#Cc1cccc(OCCC(C)CC(=C)Nc2ccc3c(c2)c(=O)n(CC)c(=O)n3CC)c1. The zero-order chi connectivity index (χ0) is 24.0. The van der Waals surface area contributed by atoms with Crippen LogP contribution in [0.2, 0.25) is 0 Å². The molecule has 6 nitrogen and oxygen atoms in total. The average Bonchev–Trinajstić information content (AvgIpc) is 2.80. The Morgan fingerprint density at radius 3 is 2.61 bits per heavy atom. The van der Waals surface area contributed by atoms with Crippen LogP contribution >= 0.6 is 0 Å². The number of allylic oxidation sites excluding steroid dienone is 1. The van der Waals surface area contributed by atoms with E-state index in [1.165, 1.54) is 4.57 Å². The summed E-state index contributed by atoms with van der Waals surface area (Å²) in [6.07, 6.45) is 7.06. The highest BCUT2D eigenvalue weighted by molar-refractivity contribution is 5.82. The fourth-order valence-corrected chi connectivity index (χ4v) is 3.92. The minimum atomic E-state index is -0.273. The normalized spacial score (nSPS) is 11.7. The van der Waals surface area contributed by atoms with Crippen LogP contribution in [0.15, 0.2) is 64.3 Å². The molecule has 1 heterocycles. The number of nitrogens with zero attached hydrogens (tertiary/aromatic N) is 2. The molecular weight excluding hydrogens is 414 g/mol. The summed E-state index contributed by atoms with van der Waals surface area (Å²) in [5.74, 6) is 3.73. The topological polar surface area (TPSA) is 65.3 Å². The van der Waals surface area contributed by atoms with E-state index in [0.29, 0.717) is 36.5 Å². The summed E-state index contributed by atoms with van der Waals surface area (Å²) in [4.78, 5) is 25.4. The lowest BCUT2D eigenvalue weighted by Gasteiger charge is -2.17. The van der Waals surface area contributed by atoms with Crippen molar-refractivity contribution < 1.29 is 4.74 Å². The first-order valence-corrected chi connectivity index (χ1v) is 11.3. The van der Waals surface area contributed by atoms with E-state index >= 15 is 0 Å². The van der Waals surface area contributed by atoms with Crippen molar-refractivity contribution in [3.8, 4) is 18.1 Å². The zero-order valence-electron chi connectivity index (χ0n) is 19.6. The number of rotatable bonds is 10. The molecule has 0 saturated carbocycles. The van der Waals surface area contributed by atoms with Crippen LogP contribution in [0.1, 0.15) is 39.2 Å². The summed E-state index contributed by atoms with van der Waals surface area (Å²) in [5, 5.41) is 3.83. The van der Waals surface area contributed by atoms with Gasteiger partial charge in [-0.3, -0.25) is 13.9 Å². The van der Waals surface area contributed by atoms with Gasteiger partial charge < -0.3 is 10.1 Å². The number of aromatic nitrogens is 2. The van der Waals surface area contributed by atoms with Crippen LogP contribution in [-0.4, -0.2) is 15.7 Å². The van der Waals surface area contributed by atoms with E-state index in [1.807, 2.05) is 43.3 Å². The van der Waals surface area contributed by atoms with Gasteiger partial charge in [0.05, 0.1) is 17.5 Å². The van der Waals surface area contributed by atoms with Crippen LogP contribution < -0.4 is 21.3 Å². The van der Waals surface area contributed by atoms with E-state index in [9.17, 15) is 9.59 Å². The maximum Gasteiger partial charge on any atom is 0.331 e. The average molecular weight is 446 g/mol. The number of hydrogen-bond donors (Lipinski definition) is 1. The summed E-state index contributed by atoms with van der Waals surface area (Å²) in [6, 6.07) is 13.0. The van der Waals surface area contributed by atoms with Crippen molar-refractivity contribution in [3.63, 3.8) is 0 Å². The van der Waals surface area contributed by atoms with Crippen molar-refractivity contribution >= 4 is 16.6 Å². The molecule has 0 amide bonds. The maximum atomic E-state index is 12.8. The molecule has 0 fully saturated rings. The molecule has 1 atom stereocenters. The Balaban J connectivity index is 1.63. The van der Waals surface area contributed by atoms with Crippen molar-refractivity contribution in [1.82, 2.24) is 9.13 Å². The molecule has 0 saturated heterocycles. The molecule has 6 heteroatoms. The number of ether oxygens (including phenoxy) is 1. The highest BCUT2D eigenvalue weighted by Crippen LogP contribution is 2.21. The molecule has 0 aliphatic carbocycles. The first-order chi connectivity index (χ1) is 15.9. The van der Waals surface area contributed by atoms with E-state index in [0.717, 1.165) is 35.5 Å². The van der Waals surface area contributed by atoms with Gasteiger partial charge in [0.1, 0.15) is 5.75 Å². The van der Waals surface area contributed by atoms with Gasteiger partial charge in [0.15, 0.2) is 0 Å². The number of benzene rings is 2. The van der Waals surface area contributed by atoms with Gasteiger partial charge in [0.25, 0.3) is 5.56 Å². The number of terminal acetylenes is 1. The molecule has 0 bridgehead atoms. The van der Waals surface area contributed by atoms with Crippen molar-refractivity contribution in [2.45, 2.75) is 46.7 Å². The quantitative estimate of drug-likeness (QED) is 0.463. The van der Waals surface area contributed by atoms with E-state index < -0.39 is 0 Å². The van der Waals surface area contributed by atoms with Crippen molar-refractivity contribution in [2.24, 2.45) is 5.92 Å². The minimum absolute atomic E-state index is 0.268. The summed E-state index contributed by atoms with van der Waals surface area (Å²) in [6.45, 7) is 11.4. The number of nitrogens with one attached hydrogen (secondary N) is 1. The van der Waals surface area contributed by atoms with Gasteiger partial charge in [0.2, 0.25) is 0 Å². The molecule has 0 aliphatic heterocycles. The predicted molar refractivity (Wildman–Crippen MR) is 135 cm³/mol. The summed E-state index contributed by atoms with van der Waals surface area (Å²) in [5.41, 5.74) is 2.54. The summed E-state index contributed by atoms with van der Waals surface area (Å²) in [7, 11) is 0. The van der Waals surface area contributed by atoms with Crippen LogP contribution in [0.3, 0.4) is 0 Å². The number of anilines is 1. The Morgan fingerprint density at radius 1 is 1.15 bits per heavy atom. The van der Waals surface area contributed by atoms with Crippen molar-refractivity contribution in [2.75, 3.05) is 11.9 Å². The molecule has 0 aliphatic rings. The van der Waals surface area contributed by atoms with Crippen molar-refractivity contribution in [3.05, 3.63) is 81.1 Å². The molecule has 2 aromatic carbocycles. The molecule has 172 valence electrons. The fraction of sp³-hybridized carbons (Fsp3) is 0.333. The van der Waals surface area contributed by atoms with Crippen LogP contribution in [0, 0.1) is 18.3 Å².